The van der Waals surface area contributed by atoms with Gasteiger partial charge in [-0.25, -0.2) is 9.18 Å². The van der Waals surface area contributed by atoms with Gasteiger partial charge in [0.15, 0.2) is 5.82 Å². The molecule has 0 spiro atoms. The summed E-state index contributed by atoms with van der Waals surface area (Å²) in [6.07, 6.45) is 0. The molecular weight excluding hydrogens is 358 g/mol. The summed E-state index contributed by atoms with van der Waals surface area (Å²) in [5.74, 6) is -2.62. The molecule has 1 rings (SSSR count). The summed E-state index contributed by atoms with van der Waals surface area (Å²) in [6.45, 7) is 0. The zero-order valence-electron chi connectivity index (χ0n) is 6.01. The molecule has 0 saturated carbocycles. The van der Waals surface area contributed by atoms with Crippen molar-refractivity contribution in [2.45, 2.75) is 0 Å². The lowest BCUT2D eigenvalue weighted by molar-refractivity contribution is 0.0691. The Balaban J connectivity index is 3.50. The van der Waals surface area contributed by atoms with E-state index in [-0.39, 0.29) is 13.8 Å². The van der Waals surface area contributed by atoms with Crippen LogP contribution in [0.1, 0.15) is 10.4 Å². The molecule has 0 unspecified atom stereocenters. The molecule has 70 valence electrons. The first-order chi connectivity index (χ1) is 5.95. The van der Waals surface area contributed by atoms with Crippen LogP contribution in [-0.2, 0) is 0 Å². The Morgan fingerprint density at radius 3 is 2.62 bits per heavy atom. The van der Waals surface area contributed by atoms with Crippen LogP contribution in [0.2, 0.25) is 0 Å². The summed E-state index contributed by atoms with van der Waals surface area (Å²) >= 11 is 4.47. The quantitative estimate of drug-likeness (QED) is 0.598. The number of aromatic hydroxyl groups is 1. The van der Waals surface area contributed by atoms with E-state index in [4.69, 9.17) is 5.11 Å². The first-order valence-electron chi connectivity index (χ1n) is 3.05. The maximum atomic E-state index is 13.1. The smallest absolute Gasteiger partial charge is 0.338 e. The third-order valence-corrected chi connectivity index (χ3v) is 2.91. The minimum Gasteiger partial charge on any atom is -0.506 e. The molecule has 0 atom stereocenters. The van der Waals surface area contributed by atoms with Crippen LogP contribution in [0.3, 0.4) is 0 Å². The van der Waals surface area contributed by atoms with E-state index in [1.54, 1.807) is 22.6 Å². The number of phenols is 1. The zero-order valence-corrected chi connectivity index (χ0v) is 9.76. The molecule has 6 heteroatoms. The maximum absolute atomic E-state index is 13.1. The standard InChI is InChI=1S/C7H3BrFIO3/c8-4-5(9)2(7(12)13)1-3(10)6(4)11/h1,11H,(H,12,13). The second kappa shape index (κ2) is 3.79. The van der Waals surface area contributed by atoms with Crippen molar-refractivity contribution in [3.05, 3.63) is 25.5 Å². The molecule has 0 saturated heterocycles. The van der Waals surface area contributed by atoms with Crippen LogP contribution in [0, 0.1) is 9.39 Å². The van der Waals surface area contributed by atoms with Crippen molar-refractivity contribution >= 4 is 44.5 Å². The van der Waals surface area contributed by atoms with Crippen LogP contribution in [0.15, 0.2) is 10.5 Å². The van der Waals surface area contributed by atoms with Crippen LogP contribution in [-0.4, -0.2) is 16.2 Å². The SMILES string of the molecule is O=C(O)c1cc(I)c(O)c(Br)c1F. The Morgan fingerprint density at radius 2 is 2.15 bits per heavy atom. The van der Waals surface area contributed by atoms with Crippen LogP contribution < -0.4 is 0 Å². The van der Waals surface area contributed by atoms with Crippen LogP contribution >= 0.6 is 38.5 Å². The number of phenolic OH excluding ortho intramolecular Hbond substituents is 1. The second-order valence-corrected chi connectivity index (χ2v) is 4.14. The van der Waals surface area contributed by atoms with Gasteiger partial charge in [0.05, 0.1) is 13.6 Å². The van der Waals surface area contributed by atoms with Crippen molar-refractivity contribution in [1.82, 2.24) is 0 Å². The van der Waals surface area contributed by atoms with E-state index in [1.807, 2.05) is 0 Å². The average Bonchev–Trinajstić information content (AvgIpc) is 2.07. The molecule has 0 radical (unpaired) electrons. The van der Waals surface area contributed by atoms with Crippen LogP contribution in [0.5, 0.6) is 5.75 Å². The number of halogens is 3. The van der Waals surface area contributed by atoms with Crippen molar-refractivity contribution in [1.29, 1.82) is 0 Å². The lowest BCUT2D eigenvalue weighted by Crippen LogP contribution is -2.02. The van der Waals surface area contributed by atoms with Crippen molar-refractivity contribution in [3.8, 4) is 5.75 Å². The van der Waals surface area contributed by atoms with Gasteiger partial charge in [-0.05, 0) is 44.6 Å². The molecule has 13 heavy (non-hydrogen) atoms. The highest BCUT2D eigenvalue weighted by atomic mass is 127. The Morgan fingerprint density at radius 1 is 1.62 bits per heavy atom. The summed E-state index contributed by atoms with van der Waals surface area (Å²) in [4.78, 5) is 10.5. The molecule has 0 aromatic heterocycles. The highest BCUT2D eigenvalue weighted by Crippen LogP contribution is 2.33. The fourth-order valence-electron chi connectivity index (χ4n) is 0.741. The Labute approximate surface area is 94.8 Å². The van der Waals surface area contributed by atoms with Gasteiger partial charge in [0.25, 0.3) is 0 Å². The molecule has 0 fully saturated rings. The first-order valence-corrected chi connectivity index (χ1v) is 4.92. The van der Waals surface area contributed by atoms with E-state index in [9.17, 15) is 14.3 Å². The van der Waals surface area contributed by atoms with E-state index in [0.717, 1.165) is 6.07 Å². The number of benzene rings is 1. The minimum absolute atomic E-state index is 0.225. The highest BCUT2D eigenvalue weighted by molar-refractivity contribution is 14.1. The zero-order chi connectivity index (χ0) is 10.2. The van der Waals surface area contributed by atoms with E-state index in [2.05, 4.69) is 15.9 Å². The molecule has 1 aromatic rings. The number of hydrogen-bond acceptors (Lipinski definition) is 2. The van der Waals surface area contributed by atoms with Gasteiger partial charge in [-0.1, -0.05) is 0 Å². The summed E-state index contributed by atoms with van der Waals surface area (Å²) in [6, 6.07) is 1.07. The van der Waals surface area contributed by atoms with Crippen molar-refractivity contribution in [2.75, 3.05) is 0 Å². The van der Waals surface area contributed by atoms with Gasteiger partial charge in [0, 0.05) is 0 Å². The molecule has 2 N–H and O–H groups in total. The molecule has 0 amide bonds. The number of aromatic carboxylic acids is 1. The summed E-state index contributed by atoms with van der Waals surface area (Å²) < 4.78 is 13.2. The Bertz CT molecular complexity index is 380. The molecular formula is C7H3BrFIO3. The number of carboxylic acid groups (broad SMARTS) is 1. The van der Waals surface area contributed by atoms with Crippen molar-refractivity contribution in [3.63, 3.8) is 0 Å². The predicted octanol–water partition coefficient (Wildman–Crippen LogP) is 2.60. The maximum Gasteiger partial charge on any atom is 0.338 e. The van der Waals surface area contributed by atoms with Gasteiger partial charge >= 0.3 is 5.97 Å². The third kappa shape index (κ3) is 1.93. The monoisotopic (exact) mass is 360 g/mol. The van der Waals surface area contributed by atoms with E-state index in [0.29, 0.717) is 0 Å². The van der Waals surface area contributed by atoms with E-state index < -0.39 is 17.3 Å². The lowest BCUT2D eigenvalue weighted by atomic mass is 10.2. The van der Waals surface area contributed by atoms with Crippen molar-refractivity contribution in [2.24, 2.45) is 0 Å². The van der Waals surface area contributed by atoms with Gasteiger partial charge in [-0.2, -0.15) is 0 Å². The van der Waals surface area contributed by atoms with Gasteiger partial charge in [0.2, 0.25) is 0 Å². The normalized spacial score (nSPS) is 10.1. The van der Waals surface area contributed by atoms with Gasteiger partial charge in [-0.15, -0.1) is 0 Å². The fourth-order valence-corrected chi connectivity index (χ4v) is 2.12. The molecule has 1 aromatic carbocycles. The summed E-state index contributed by atoms with van der Waals surface area (Å²) in [5, 5.41) is 17.8. The summed E-state index contributed by atoms with van der Waals surface area (Å²) in [5.41, 5.74) is -0.464. The number of carbonyl (C=O) groups is 1. The Hall–Kier alpha value is -0.370. The second-order valence-electron chi connectivity index (χ2n) is 2.19. The molecule has 0 bridgehead atoms. The average molecular weight is 361 g/mol. The van der Waals surface area contributed by atoms with E-state index in [1.165, 1.54) is 0 Å². The molecule has 0 aliphatic carbocycles. The minimum atomic E-state index is -1.36. The fraction of sp³-hybridized carbons (Fsp3) is 0. The third-order valence-electron chi connectivity index (χ3n) is 1.36. The predicted molar refractivity (Wildman–Crippen MR) is 55.4 cm³/mol. The molecule has 0 aliphatic heterocycles. The van der Waals surface area contributed by atoms with Crippen molar-refractivity contribution < 1.29 is 19.4 Å². The van der Waals surface area contributed by atoms with Gasteiger partial charge < -0.3 is 10.2 Å². The number of rotatable bonds is 1. The van der Waals surface area contributed by atoms with Crippen LogP contribution in [0.4, 0.5) is 4.39 Å². The van der Waals surface area contributed by atoms with Gasteiger partial charge in [0.1, 0.15) is 5.75 Å². The number of hydrogen-bond donors (Lipinski definition) is 2. The molecule has 0 heterocycles. The lowest BCUT2D eigenvalue weighted by Gasteiger charge is -2.04. The molecule has 0 aliphatic rings. The molecule has 3 nitrogen and oxygen atoms in total. The van der Waals surface area contributed by atoms with Crippen LogP contribution in [0.25, 0.3) is 0 Å². The largest absolute Gasteiger partial charge is 0.506 e. The topological polar surface area (TPSA) is 57.5 Å². The highest BCUT2D eigenvalue weighted by Gasteiger charge is 2.18. The summed E-state index contributed by atoms with van der Waals surface area (Å²) in [7, 11) is 0. The number of carboxylic acids is 1. The van der Waals surface area contributed by atoms with E-state index >= 15 is 0 Å². The van der Waals surface area contributed by atoms with Gasteiger partial charge in [-0.3, -0.25) is 0 Å². The Kier molecular flexibility index (Phi) is 3.12. The first kappa shape index (κ1) is 10.7.